The van der Waals surface area contributed by atoms with Gasteiger partial charge >= 0.3 is 0 Å². The summed E-state index contributed by atoms with van der Waals surface area (Å²) in [6, 6.07) is 11.6. The lowest BCUT2D eigenvalue weighted by molar-refractivity contribution is -0.125. The van der Waals surface area contributed by atoms with E-state index in [1.54, 1.807) is 0 Å². The van der Waals surface area contributed by atoms with Crippen molar-refractivity contribution < 1.29 is 35.6 Å². The van der Waals surface area contributed by atoms with Crippen molar-refractivity contribution >= 4 is 72.7 Å². The van der Waals surface area contributed by atoms with Crippen molar-refractivity contribution in [3.05, 3.63) is 35.9 Å². The molecule has 0 amide bonds. The van der Waals surface area contributed by atoms with E-state index in [2.05, 4.69) is 182 Å². The van der Waals surface area contributed by atoms with Crippen molar-refractivity contribution in [1.82, 2.24) is 4.98 Å². The summed E-state index contributed by atoms with van der Waals surface area (Å²) < 4.78 is 73.2. The van der Waals surface area contributed by atoms with E-state index in [0.717, 1.165) is 28.9 Å². The first-order valence-corrected chi connectivity index (χ1v) is 44.0. The topological polar surface area (TPSA) is 102 Å². The van der Waals surface area contributed by atoms with Crippen LogP contribution >= 0.6 is 11.3 Å². The van der Waals surface area contributed by atoms with Crippen LogP contribution in [0.3, 0.4) is 0 Å². The van der Waals surface area contributed by atoms with E-state index >= 15 is 0 Å². The van der Waals surface area contributed by atoms with Crippen molar-refractivity contribution in [3.8, 4) is 0 Å². The molecule has 0 fully saturated rings. The number of para-hydroxylation sites is 1. The number of thiazole rings is 1. The number of benzene rings is 1. The first-order chi connectivity index (χ1) is 32.2. The Morgan fingerprint density at radius 3 is 1.73 bits per heavy atom. The minimum absolute atomic E-state index is 0.0173. The first-order valence-electron chi connectivity index (χ1n) is 27.4. The van der Waals surface area contributed by atoms with Gasteiger partial charge < -0.3 is 27.2 Å². The molecule has 2 rings (SSSR count). The van der Waals surface area contributed by atoms with Gasteiger partial charge in [-0.2, -0.15) is 0 Å². The van der Waals surface area contributed by atoms with Crippen LogP contribution in [0.2, 0.25) is 96.7 Å². The molecule has 0 N–H and O–H groups in total. The summed E-state index contributed by atoms with van der Waals surface area (Å²) in [7, 11) is -14.2. The SMILES string of the molecule is CC[Si](CC)(CC)OC(C/C(=C/CO[Si](C(C)C)(C(C)C)C(C)C)C[C@@H](C[C@@H](OCOCC[Si](C)(C)C)[C@@H](C)O[Si](C)(C)C(C)(C)C)O[Si](C)(C)C(C)(C)C)C(C)(C)CS(=O)(=O)c1nc2ccccc2s1. The van der Waals surface area contributed by atoms with E-state index < -0.39 is 62.7 Å². The Hall–Kier alpha value is -0.356. The molecule has 1 aromatic heterocycles. The van der Waals surface area contributed by atoms with E-state index in [1.165, 1.54) is 16.9 Å². The van der Waals surface area contributed by atoms with Gasteiger partial charge in [0.2, 0.25) is 22.5 Å². The number of aromatic nitrogens is 1. The minimum Gasteiger partial charge on any atom is -0.414 e. The highest BCUT2D eigenvalue weighted by molar-refractivity contribution is 7.93. The maximum absolute atomic E-state index is 14.6. The van der Waals surface area contributed by atoms with Crippen molar-refractivity contribution in [3.63, 3.8) is 0 Å². The van der Waals surface area contributed by atoms with E-state index in [4.69, 9.17) is 27.2 Å². The summed E-state index contributed by atoms with van der Waals surface area (Å²) in [5.74, 6) is -0.0835. The molecule has 2 aromatic rings. The van der Waals surface area contributed by atoms with Crippen molar-refractivity contribution in [2.75, 3.05) is 25.8 Å². The lowest BCUT2D eigenvalue weighted by atomic mass is 9.83. The molecule has 4 atom stereocenters. The molecule has 16 heteroatoms. The lowest BCUT2D eigenvalue weighted by Crippen LogP contribution is -2.49. The van der Waals surface area contributed by atoms with Gasteiger partial charge in [0.05, 0.1) is 47.0 Å². The van der Waals surface area contributed by atoms with Crippen LogP contribution in [0, 0.1) is 5.41 Å². The standard InChI is InChI=1S/C55H109NO8S2Si5/c1-26-70(27-2,28-3)64-51(55(17,18)40-66(57,58)52-56-48-31-29-30-32-50(48)65-52)38-46(33-34-61-71(42(4)5,43(6)7)44(8)9)37-47(63-69(24,25)54(14,15)16)39-49(60-41-59-35-36-67(19,20)21)45(10)62-68(22,23)53(11,12)13/h29-33,42-45,47,49,51H,26-28,34-41H2,1-25H3/b46-33+/t45-,47+,49-,51?/m1/s1. The van der Waals surface area contributed by atoms with Crippen LogP contribution in [0.25, 0.3) is 10.2 Å². The third kappa shape index (κ3) is 19.3. The van der Waals surface area contributed by atoms with Gasteiger partial charge in [-0.3, -0.25) is 0 Å². The fourth-order valence-corrected chi connectivity index (χ4v) is 24.8. The quantitative estimate of drug-likeness (QED) is 0.0307. The summed E-state index contributed by atoms with van der Waals surface area (Å²) in [5, 5.41) is -0.0323. The number of hydrogen-bond donors (Lipinski definition) is 0. The first kappa shape index (κ1) is 66.8. The highest BCUT2D eigenvalue weighted by Gasteiger charge is 2.47. The normalized spacial score (nSPS) is 16.4. The number of fused-ring (bicyclic) bond motifs is 1. The Morgan fingerprint density at radius 2 is 1.25 bits per heavy atom. The largest absolute Gasteiger partial charge is 0.414 e. The molecule has 0 saturated carbocycles. The van der Waals surface area contributed by atoms with Crippen LogP contribution in [0.15, 0.2) is 40.3 Å². The van der Waals surface area contributed by atoms with Gasteiger partial charge in [0, 0.05) is 26.5 Å². The molecule has 0 bridgehead atoms. The molecule has 0 aliphatic carbocycles. The van der Waals surface area contributed by atoms with Crippen LogP contribution in [-0.4, -0.2) is 105 Å². The lowest BCUT2D eigenvalue weighted by Gasteiger charge is -2.44. The molecular weight excluding hydrogens is 1010 g/mol. The Morgan fingerprint density at radius 1 is 0.732 bits per heavy atom. The summed E-state index contributed by atoms with van der Waals surface area (Å²) in [6.45, 7) is 58.7. The Balaban J connectivity index is 2.94. The number of rotatable bonds is 32. The second-order valence-electron chi connectivity index (χ2n) is 26.8. The monoisotopic (exact) mass is 1120 g/mol. The van der Waals surface area contributed by atoms with Crippen LogP contribution < -0.4 is 0 Å². The number of sulfone groups is 1. The molecule has 0 radical (unpaired) electrons. The van der Waals surface area contributed by atoms with E-state index in [9.17, 15) is 8.42 Å². The Labute approximate surface area is 447 Å². The van der Waals surface area contributed by atoms with Crippen LogP contribution in [0.4, 0.5) is 0 Å². The molecule has 0 saturated heterocycles. The maximum atomic E-state index is 14.6. The zero-order valence-electron chi connectivity index (χ0n) is 50.2. The zero-order valence-corrected chi connectivity index (χ0v) is 56.9. The van der Waals surface area contributed by atoms with Crippen molar-refractivity contribution in [1.29, 1.82) is 0 Å². The molecular formula is C55H109NO8S2Si5. The molecule has 1 heterocycles. The average Bonchev–Trinajstić information content (AvgIpc) is 3.67. The molecule has 1 aromatic carbocycles. The highest BCUT2D eigenvalue weighted by atomic mass is 32.2. The second kappa shape index (κ2) is 26.8. The number of hydrogen-bond acceptors (Lipinski definition) is 10. The van der Waals surface area contributed by atoms with Crippen LogP contribution in [-0.2, 0) is 37.0 Å². The number of ether oxygens (including phenoxy) is 2. The summed E-state index contributed by atoms with van der Waals surface area (Å²) in [6.07, 6.45) is 2.99. The van der Waals surface area contributed by atoms with Gasteiger partial charge in [0.15, 0.2) is 25.0 Å². The summed E-state index contributed by atoms with van der Waals surface area (Å²) in [5.41, 5.74) is 2.39. The van der Waals surface area contributed by atoms with E-state index in [-0.39, 0.29) is 45.3 Å². The Kier molecular flexibility index (Phi) is 25.2. The number of nitrogens with zero attached hydrogens (tertiary/aromatic N) is 1. The van der Waals surface area contributed by atoms with Crippen molar-refractivity contribution in [2.24, 2.45) is 5.41 Å². The molecule has 0 aliphatic heterocycles. The predicted molar refractivity (Wildman–Crippen MR) is 320 cm³/mol. The van der Waals surface area contributed by atoms with Gasteiger partial charge in [0.1, 0.15) is 6.79 Å². The smallest absolute Gasteiger partial charge is 0.210 e. The molecule has 0 aliphatic rings. The minimum atomic E-state index is -3.79. The predicted octanol–water partition coefficient (Wildman–Crippen LogP) is 17.3. The summed E-state index contributed by atoms with van der Waals surface area (Å²) in [4.78, 5) is 4.67. The average molecular weight is 1120 g/mol. The molecule has 71 heavy (non-hydrogen) atoms. The molecule has 0 spiro atoms. The fraction of sp³-hybridized carbons (Fsp3) is 0.836. The molecule has 9 nitrogen and oxygen atoms in total. The third-order valence-corrected chi connectivity index (χ3v) is 41.7. The van der Waals surface area contributed by atoms with Gasteiger partial charge in [-0.05, 0) is 109 Å². The van der Waals surface area contributed by atoms with E-state index in [1.807, 2.05) is 24.3 Å². The Bertz CT molecular complexity index is 1980. The van der Waals surface area contributed by atoms with Crippen molar-refractivity contribution in [2.45, 2.75) is 269 Å². The maximum Gasteiger partial charge on any atom is 0.210 e. The van der Waals surface area contributed by atoms with Crippen LogP contribution in [0.5, 0.6) is 0 Å². The van der Waals surface area contributed by atoms with E-state index in [0.29, 0.717) is 54.6 Å². The zero-order chi connectivity index (χ0) is 54.8. The third-order valence-electron chi connectivity index (χ3n) is 16.6. The summed E-state index contributed by atoms with van der Waals surface area (Å²) >= 11 is 1.26. The second-order valence-corrected chi connectivity index (χ2v) is 55.3. The fourth-order valence-electron chi connectivity index (χ4n) is 9.70. The van der Waals surface area contributed by atoms with Gasteiger partial charge in [-0.25, -0.2) is 13.4 Å². The molecule has 1 unspecified atom stereocenters. The molecule has 414 valence electrons. The van der Waals surface area contributed by atoms with Gasteiger partial charge in [0.25, 0.3) is 0 Å². The van der Waals surface area contributed by atoms with Gasteiger partial charge in [-0.15, -0.1) is 11.3 Å². The van der Waals surface area contributed by atoms with Crippen LogP contribution in [0.1, 0.15) is 144 Å². The highest BCUT2D eigenvalue weighted by Crippen LogP contribution is 2.45. The van der Waals surface area contributed by atoms with Gasteiger partial charge in [-0.1, -0.05) is 161 Å².